The molecular formula is C78H53N3Si. The smallest absolute Gasteiger partial charge is 0.179 e. The van der Waals surface area contributed by atoms with Gasteiger partial charge in [-0.25, -0.2) is 0 Å². The van der Waals surface area contributed by atoms with Crippen LogP contribution in [0.4, 0.5) is 0 Å². The summed E-state index contributed by atoms with van der Waals surface area (Å²) in [6.07, 6.45) is 0. The molecule has 16 aromatic rings. The van der Waals surface area contributed by atoms with Crippen LogP contribution >= 0.6 is 0 Å². The third-order valence-electron chi connectivity index (χ3n) is 17.1. The molecule has 0 atom stereocenters. The van der Waals surface area contributed by atoms with E-state index in [0.29, 0.717) is 0 Å². The molecule has 4 heteroatoms. The molecule has 3 aromatic heterocycles. The van der Waals surface area contributed by atoms with E-state index in [0.717, 1.165) is 39.2 Å². The highest BCUT2D eigenvalue weighted by atomic mass is 28.3. The summed E-state index contributed by atoms with van der Waals surface area (Å²) < 4.78 is 7.45. The van der Waals surface area contributed by atoms with E-state index in [1.165, 1.54) is 97.4 Å². The molecule has 0 aliphatic rings. The van der Waals surface area contributed by atoms with E-state index in [-0.39, 0.29) is 0 Å². The standard InChI is InChI=1S/C78H53N3Si/c1-5-23-54(24-6-1)56-27-21-33-65(49-56)82(63-29-9-3-10-30-63,64-31-11-4-12-32-64)66-34-22-28-57(50-66)59-47-61(80-73-39-17-13-35-67(73)68-36-14-18-40-74(68)80)52-62(48-59)81-75-41-19-15-37-69(75)71-45-44-60(53-78(71)81)79-76-42-20-16-38-70(76)72-51-58(43-46-77(72)79)55-25-7-2-8-26-55/h1-53H. The van der Waals surface area contributed by atoms with Crippen molar-refractivity contribution in [3.05, 3.63) is 322 Å². The van der Waals surface area contributed by atoms with Gasteiger partial charge in [0.25, 0.3) is 0 Å². The maximum Gasteiger partial charge on any atom is 0.179 e. The van der Waals surface area contributed by atoms with Gasteiger partial charge in [-0.1, -0.05) is 255 Å². The van der Waals surface area contributed by atoms with E-state index in [2.05, 4.69) is 335 Å². The van der Waals surface area contributed by atoms with Gasteiger partial charge in [-0.2, -0.15) is 0 Å². The number of hydrogen-bond acceptors (Lipinski definition) is 0. The summed E-state index contributed by atoms with van der Waals surface area (Å²) in [5, 5.41) is 12.7. The fourth-order valence-corrected chi connectivity index (χ4v) is 18.4. The van der Waals surface area contributed by atoms with Crippen LogP contribution in [0.25, 0.3) is 116 Å². The normalized spacial score (nSPS) is 11.9. The number of rotatable bonds is 10. The molecule has 384 valence electrons. The molecule has 0 fully saturated rings. The number of para-hydroxylation sites is 4. The van der Waals surface area contributed by atoms with Crippen molar-refractivity contribution in [2.45, 2.75) is 0 Å². The predicted molar refractivity (Wildman–Crippen MR) is 349 cm³/mol. The van der Waals surface area contributed by atoms with E-state index in [9.17, 15) is 0 Å². The maximum atomic E-state index is 2.52. The lowest BCUT2D eigenvalue weighted by molar-refractivity contribution is 1.13. The maximum absolute atomic E-state index is 3.01. The van der Waals surface area contributed by atoms with Crippen LogP contribution in [0.5, 0.6) is 0 Å². The Morgan fingerprint density at radius 2 is 0.524 bits per heavy atom. The molecule has 0 radical (unpaired) electrons. The van der Waals surface area contributed by atoms with E-state index < -0.39 is 8.07 Å². The van der Waals surface area contributed by atoms with E-state index in [4.69, 9.17) is 0 Å². The van der Waals surface area contributed by atoms with Crippen LogP contribution < -0.4 is 20.7 Å². The third-order valence-corrected chi connectivity index (χ3v) is 21.9. The SMILES string of the molecule is c1ccc(-c2cccc([Si](c3ccccc3)(c3ccccc3)c3cccc(-c4cc(-n5c6ccccc6c6ccccc65)cc(-n5c6ccccc6c6ccc(-n7c8ccccc8c8cc(-c9ccccc9)ccc87)cc65)c4)c3)c2)cc1. The highest BCUT2D eigenvalue weighted by molar-refractivity contribution is 7.20. The molecule has 0 saturated heterocycles. The van der Waals surface area contributed by atoms with Crippen molar-refractivity contribution >= 4 is 94.2 Å². The Kier molecular flexibility index (Phi) is 11.2. The van der Waals surface area contributed by atoms with Gasteiger partial charge in [-0.15, -0.1) is 0 Å². The molecule has 82 heavy (non-hydrogen) atoms. The zero-order chi connectivity index (χ0) is 54.1. The topological polar surface area (TPSA) is 14.8 Å². The molecule has 0 amide bonds. The second kappa shape index (κ2) is 19.4. The van der Waals surface area contributed by atoms with E-state index in [1.807, 2.05) is 0 Å². The van der Waals surface area contributed by atoms with Crippen LogP contribution in [0, 0.1) is 0 Å². The van der Waals surface area contributed by atoms with Crippen LogP contribution in [-0.2, 0) is 0 Å². The highest BCUT2D eigenvalue weighted by Crippen LogP contribution is 2.41. The minimum absolute atomic E-state index is 1.09. The minimum atomic E-state index is -3.01. The monoisotopic (exact) mass is 1060 g/mol. The zero-order valence-corrected chi connectivity index (χ0v) is 45.9. The number of hydrogen-bond donors (Lipinski definition) is 0. The Hall–Kier alpha value is -10.5. The lowest BCUT2D eigenvalue weighted by atomic mass is 10.0. The van der Waals surface area contributed by atoms with Crippen molar-refractivity contribution in [3.63, 3.8) is 0 Å². The van der Waals surface area contributed by atoms with Crippen LogP contribution in [0.1, 0.15) is 0 Å². The largest absolute Gasteiger partial charge is 0.309 e. The number of aromatic nitrogens is 3. The summed E-state index contributed by atoms with van der Waals surface area (Å²) in [4.78, 5) is 0. The van der Waals surface area contributed by atoms with Crippen LogP contribution in [0.2, 0.25) is 0 Å². The first-order chi connectivity index (χ1) is 40.7. The van der Waals surface area contributed by atoms with Crippen LogP contribution in [0.3, 0.4) is 0 Å². The molecule has 13 aromatic carbocycles. The average molecular weight is 1060 g/mol. The lowest BCUT2D eigenvalue weighted by Crippen LogP contribution is -2.74. The summed E-state index contributed by atoms with van der Waals surface area (Å²) in [5.41, 5.74) is 17.4. The number of fused-ring (bicyclic) bond motifs is 9. The van der Waals surface area contributed by atoms with Gasteiger partial charge in [0.1, 0.15) is 0 Å². The molecule has 0 spiro atoms. The second-order valence-electron chi connectivity index (χ2n) is 21.6. The summed E-state index contributed by atoms with van der Waals surface area (Å²) >= 11 is 0. The molecule has 0 aliphatic carbocycles. The summed E-state index contributed by atoms with van der Waals surface area (Å²) in [7, 11) is -3.01. The van der Waals surface area contributed by atoms with E-state index >= 15 is 0 Å². The second-order valence-corrected chi connectivity index (χ2v) is 25.4. The molecule has 0 N–H and O–H groups in total. The molecule has 3 nitrogen and oxygen atoms in total. The summed E-state index contributed by atoms with van der Waals surface area (Å²) in [6.45, 7) is 0. The molecule has 0 bridgehead atoms. The molecule has 0 saturated carbocycles. The molecule has 0 aliphatic heterocycles. The Labute approximate surface area is 477 Å². The Morgan fingerprint density at radius 3 is 1.02 bits per heavy atom. The molecule has 3 heterocycles. The zero-order valence-electron chi connectivity index (χ0n) is 44.9. The Morgan fingerprint density at radius 1 is 0.171 bits per heavy atom. The van der Waals surface area contributed by atoms with Gasteiger partial charge in [0.05, 0.1) is 33.1 Å². The predicted octanol–water partition coefficient (Wildman–Crippen LogP) is 17.4. The van der Waals surface area contributed by atoms with E-state index in [1.54, 1.807) is 0 Å². The fraction of sp³-hybridized carbons (Fsp3) is 0. The highest BCUT2D eigenvalue weighted by Gasteiger charge is 2.42. The minimum Gasteiger partial charge on any atom is -0.309 e. The molecule has 0 unspecified atom stereocenters. The Balaban J connectivity index is 0.958. The molecule has 16 rings (SSSR count). The van der Waals surface area contributed by atoms with Crippen molar-refractivity contribution in [2.75, 3.05) is 0 Å². The van der Waals surface area contributed by atoms with Gasteiger partial charge in [-0.3, -0.25) is 0 Å². The third kappa shape index (κ3) is 7.57. The quantitative estimate of drug-likeness (QED) is 0.0958. The summed E-state index contributed by atoms with van der Waals surface area (Å²) in [6, 6.07) is 120. The Bertz CT molecular complexity index is 5000. The van der Waals surface area contributed by atoms with Crippen LogP contribution in [0.15, 0.2) is 322 Å². The first-order valence-corrected chi connectivity index (χ1v) is 30.3. The van der Waals surface area contributed by atoms with Crippen molar-refractivity contribution in [3.8, 4) is 50.4 Å². The van der Waals surface area contributed by atoms with Crippen molar-refractivity contribution in [1.29, 1.82) is 0 Å². The van der Waals surface area contributed by atoms with Crippen molar-refractivity contribution in [2.24, 2.45) is 0 Å². The number of benzene rings is 13. The van der Waals surface area contributed by atoms with Gasteiger partial charge < -0.3 is 13.7 Å². The molecular weight excluding hydrogens is 1010 g/mol. The van der Waals surface area contributed by atoms with Gasteiger partial charge >= 0.3 is 0 Å². The van der Waals surface area contributed by atoms with Crippen molar-refractivity contribution in [1.82, 2.24) is 13.7 Å². The first-order valence-electron chi connectivity index (χ1n) is 28.3. The van der Waals surface area contributed by atoms with Gasteiger partial charge in [0.15, 0.2) is 8.07 Å². The first kappa shape index (κ1) is 47.5. The van der Waals surface area contributed by atoms with Gasteiger partial charge in [0, 0.05) is 49.4 Å². The lowest BCUT2D eigenvalue weighted by Gasteiger charge is -2.35. The fourth-order valence-electron chi connectivity index (χ4n) is 13.5. The van der Waals surface area contributed by atoms with Gasteiger partial charge in [0.2, 0.25) is 0 Å². The van der Waals surface area contributed by atoms with Gasteiger partial charge in [-0.05, 0) is 121 Å². The summed E-state index contributed by atoms with van der Waals surface area (Å²) in [5.74, 6) is 0. The average Bonchev–Trinajstić information content (AvgIpc) is 3.33. The number of nitrogens with zero attached hydrogens (tertiary/aromatic N) is 3. The van der Waals surface area contributed by atoms with Crippen LogP contribution in [-0.4, -0.2) is 21.8 Å². The van der Waals surface area contributed by atoms with Crippen molar-refractivity contribution < 1.29 is 0 Å².